The Hall–Kier alpha value is -1.53. The molecule has 0 aromatic carbocycles. The highest BCUT2D eigenvalue weighted by molar-refractivity contribution is 5.47. The molecule has 1 aliphatic rings. The Morgan fingerprint density at radius 2 is 1.71 bits per heavy atom. The second-order valence-corrected chi connectivity index (χ2v) is 6.60. The summed E-state index contributed by atoms with van der Waals surface area (Å²) in [7, 11) is 0. The number of alkyl halides is 3. The number of hydrogen-bond donors (Lipinski definition) is 1. The quantitative estimate of drug-likeness (QED) is 0.864. The Labute approximate surface area is 122 Å². The van der Waals surface area contributed by atoms with Crippen molar-refractivity contribution in [2.24, 2.45) is 11.3 Å². The van der Waals surface area contributed by atoms with E-state index in [1.807, 2.05) is 4.90 Å². The van der Waals surface area contributed by atoms with E-state index in [0.717, 1.165) is 12.8 Å². The number of piperidine rings is 1. The average Bonchev–Trinajstić information content (AvgIpc) is 2.36. The summed E-state index contributed by atoms with van der Waals surface area (Å²) in [5.41, 5.74) is 5.70. The van der Waals surface area contributed by atoms with Gasteiger partial charge in [-0.1, -0.05) is 20.8 Å². The maximum absolute atomic E-state index is 12.7. The summed E-state index contributed by atoms with van der Waals surface area (Å²) >= 11 is 0. The fraction of sp³-hybridized carbons (Fsp3) is 0.714. The Bertz CT molecular complexity index is 500. The summed E-state index contributed by atoms with van der Waals surface area (Å²) in [5, 5.41) is 0. The van der Waals surface area contributed by atoms with Gasteiger partial charge in [-0.25, -0.2) is 9.97 Å². The zero-order chi connectivity index (χ0) is 15.8. The van der Waals surface area contributed by atoms with Gasteiger partial charge in [0.25, 0.3) is 0 Å². The van der Waals surface area contributed by atoms with Crippen molar-refractivity contribution >= 4 is 11.6 Å². The third-order valence-corrected chi connectivity index (χ3v) is 4.03. The molecular weight excluding hydrogens is 281 g/mol. The van der Waals surface area contributed by atoms with E-state index in [1.165, 1.54) is 6.07 Å². The lowest BCUT2D eigenvalue weighted by molar-refractivity contribution is -0.144. The van der Waals surface area contributed by atoms with E-state index in [9.17, 15) is 13.2 Å². The van der Waals surface area contributed by atoms with Crippen LogP contribution in [0.2, 0.25) is 0 Å². The summed E-state index contributed by atoms with van der Waals surface area (Å²) in [6.07, 6.45) is -2.70. The monoisotopic (exact) mass is 302 g/mol. The van der Waals surface area contributed by atoms with Crippen molar-refractivity contribution in [3.8, 4) is 0 Å². The van der Waals surface area contributed by atoms with Crippen LogP contribution in [0.25, 0.3) is 0 Å². The van der Waals surface area contributed by atoms with Crippen LogP contribution in [-0.2, 0) is 6.18 Å². The molecule has 0 bridgehead atoms. The molecule has 1 aliphatic heterocycles. The first-order valence-electron chi connectivity index (χ1n) is 7.04. The average molecular weight is 302 g/mol. The van der Waals surface area contributed by atoms with Crippen LogP contribution in [-0.4, -0.2) is 23.1 Å². The molecule has 2 rings (SSSR count). The largest absolute Gasteiger partial charge is 0.451 e. The molecule has 0 atom stereocenters. The van der Waals surface area contributed by atoms with Gasteiger partial charge < -0.3 is 10.6 Å². The third-order valence-electron chi connectivity index (χ3n) is 4.03. The minimum atomic E-state index is -4.58. The van der Waals surface area contributed by atoms with Crippen LogP contribution in [0.4, 0.5) is 24.8 Å². The minimum Gasteiger partial charge on any atom is -0.384 e. The summed E-state index contributed by atoms with van der Waals surface area (Å²) in [4.78, 5) is 8.75. The minimum absolute atomic E-state index is 0.148. The lowest BCUT2D eigenvalue weighted by atomic mass is 9.75. The lowest BCUT2D eigenvalue weighted by Gasteiger charge is -2.39. The molecule has 1 saturated heterocycles. The maximum atomic E-state index is 12.7. The number of halogens is 3. The van der Waals surface area contributed by atoms with Crippen LogP contribution in [0.1, 0.15) is 39.4 Å². The summed E-state index contributed by atoms with van der Waals surface area (Å²) in [6.45, 7) is 7.96. The van der Waals surface area contributed by atoms with Crippen LogP contribution in [0, 0.1) is 11.3 Å². The molecule has 0 saturated carbocycles. The van der Waals surface area contributed by atoms with E-state index >= 15 is 0 Å². The first-order chi connectivity index (χ1) is 9.57. The van der Waals surface area contributed by atoms with Crippen LogP contribution < -0.4 is 10.6 Å². The Morgan fingerprint density at radius 3 is 2.19 bits per heavy atom. The molecule has 0 aliphatic carbocycles. The van der Waals surface area contributed by atoms with E-state index in [0.29, 0.717) is 19.0 Å². The molecule has 0 unspecified atom stereocenters. The Morgan fingerprint density at radius 1 is 1.14 bits per heavy atom. The normalized spacial score (nSPS) is 18.1. The number of hydrogen-bond acceptors (Lipinski definition) is 4. The summed E-state index contributed by atoms with van der Waals surface area (Å²) < 4.78 is 38.2. The summed E-state index contributed by atoms with van der Waals surface area (Å²) in [6, 6.07) is 1.41. The molecule has 0 spiro atoms. The molecule has 2 heterocycles. The van der Waals surface area contributed by atoms with Crippen LogP contribution in [0.5, 0.6) is 0 Å². The first-order valence-corrected chi connectivity index (χ1v) is 7.04. The molecule has 0 amide bonds. The van der Waals surface area contributed by atoms with Gasteiger partial charge in [-0.2, -0.15) is 13.2 Å². The molecule has 118 valence electrons. The predicted octanol–water partition coefficient (Wildman–Crippen LogP) is 3.34. The van der Waals surface area contributed by atoms with E-state index in [1.54, 1.807) is 0 Å². The van der Waals surface area contributed by atoms with Crippen molar-refractivity contribution in [2.75, 3.05) is 23.7 Å². The number of nitrogens with two attached hydrogens (primary N) is 1. The molecule has 1 aromatic rings. The van der Waals surface area contributed by atoms with Crippen molar-refractivity contribution in [2.45, 2.75) is 39.8 Å². The molecule has 21 heavy (non-hydrogen) atoms. The Kier molecular flexibility index (Phi) is 4.04. The van der Waals surface area contributed by atoms with Gasteiger partial charge in [0, 0.05) is 19.2 Å². The van der Waals surface area contributed by atoms with Gasteiger partial charge in [0.15, 0.2) is 0 Å². The zero-order valence-corrected chi connectivity index (χ0v) is 12.5. The van der Waals surface area contributed by atoms with Gasteiger partial charge in [-0.05, 0) is 24.2 Å². The smallest absolute Gasteiger partial charge is 0.384 e. The van der Waals surface area contributed by atoms with E-state index in [4.69, 9.17) is 5.73 Å². The highest BCUT2D eigenvalue weighted by Gasteiger charge is 2.36. The molecule has 2 N–H and O–H groups in total. The van der Waals surface area contributed by atoms with Crippen LogP contribution in [0.3, 0.4) is 0 Å². The zero-order valence-electron chi connectivity index (χ0n) is 12.5. The number of aromatic nitrogens is 2. The van der Waals surface area contributed by atoms with Crippen molar-refractivity contribution in [3.63, 3.8) is 0 Å². The highest BCUT2D eigenvalue weighted by Crippen LogP contribution is 2.36. The maximum Gasteiger partial charge on any atom is 0.451 e. The van der Waals surface area contributed by atoms with Crippen LogP contribution >= 0.6 is 0 Å². The molecule has 1 aromatic heterocycles. The standard InChI is InChI=1S/C14H21F3N4/c1-13(2,3)9-4-6-21(7-5-9)11-8-10(18)19-12(20-11)14(15,16)17/h8-9H,4-7H2,1-3H3,(H2,18,19,20). The fourth-order valence-electron chi connectivity index (χ4n) is 2.72. The summed E-state index contributed by atoms with van der Waals surface area (Å²) in [5.74, 6) is -0.488. The van der Waals surface area contributed by atoms with E-state index in [2.05, 4.69) is 30.7 Å². The van der Waals surface area contributed by atoms with Crippen molar-refractivity contribution in [1.29, 1.82) is 0 Å². The molecular formula is C14H21F3N4. The highest BCUT2D eigenvalue weighted by atomic mass is 19.4. The topological polar surface area (TPSA) is 55.0 Å². The van der Waals surface area contributed by atoms with Gasteiger partial charge in [0.2, 0.25) is 5.82 Å². The molecule has 7 heteroatoms. The van der Waals surface area contributed by atoms with Gasteiger partial charge >= 0.3 is 6.18 Å². The molecule has 0 radical (unpaired) electrons. The van der Waals surface area contributed by atoms with Gasteiger partial charge in [-0.15, -0.1) is 0 Å². The second-order valence-electron chi connectivity index (χ2n) is 6.60. The second kappa shape index (κ2) is 5.35. The molecule has 1 fully saturated rings. The van der Waals surface area contributed by atoms with Gasteiger partial charge in [0.1, 0.15) is 11.6 Å². The number of nitrogen functional groups attached to an aromatic ring is 1. The lowest BCUT2D eigenvalue weighted by Crippen LogP contribution is -2.38. The molecule has 4 nitrogen and oxygen atoms in total. The van der Waals surface area contributed by atoms with Gasteiger partial charge in [-0.3, -0.25) is 0 Å². The van der Waals surface area contributed by atoms with E-state index in [-0.39, 0.29) is 17.1 Å². The number of nitrogens with zero attached hydrogens (tertiary/aromatic N) is 3. The van der Waals surface area contributed by atoms with Crippen molar-refractivity contribution < 1.29 is 13.2 Å². The Balaban J connectivity index is 2.16. The van der Waals surface area contributed by atoms with Crippen molar-refractivity contribution in [1.82, 2.24) is 9.97 Å². The van der Waals surface area contributed by atoms with Crippen LogP contribution in [0.15, 0.2) is 6.07 Å². The SMILES string of the molecule is CC(C)(C)C1CCN(c2cc(N)nc(C(F)(F)F)n2)CC1. The number of rotatable bonds is 1. The van der Waals surface area contributed by atoms with E-state index < -0.39 is 12.0 Å². The first kappa shape index (κ1) is 15.9. The third kappa shape index (κ3) is 3.77. The van der Waals surface area contributed by atoms with Gasteiger partial charge in [0.05, 0.1) is 0 Å². The van der Waals surface area contributed by atoms with Crippen molar-refractivity contribution in [3.05, 3.63) is 11.9 Å². The number of anilines is 2. The fourth-order valence-corrected chi connectivity index (χ4v) is 2.72. The predicted molar refractivity (Wildman–Crippen MR) is 75.8 cm³/mol.